The Balaban J connectivity index is 1.73. The molecule has 0 bridgehead atoms. The molecule has 1 amide bonds. The lowest BCUT2D eigenvalue weighted by atomic mass is 10.1. The van der Waals surface area contributed by atoms with E-state index in [1.807, 2.05) is 55.5 Å². The van der Waals surface area contributed by atoms with Crippen LogP contribution in [-0.2, 0) is 0 Å². The lowest BCUT2D eigenvalue weighted by molar-refractivity contribution is 0.102. The third-order valence-electron chi connectivity index (χ3n) is 4.35. The number of nitrogens with zero attached hydrogens (tertiary/aromatic N) is 2. The van der Waals surface area contributed by atoms with E-state index < -0.39 is 0 Å². The highest BCUT2D eigenvalue weighted by atomic mass is 32.1. The van der Waals surface area contributed by atoms with Crippen molar-refractivity contribution in [2.75, 3.05) is 23.3 Å². The highest BCUT2D eigenvalue weighted by Crippen LogP contribution is 2.28. The third kappa shape index (κ3) is 3.94. The minimum atomic E-state index is -0.0895. The van der Waals surface area contributed by atoms with Crippen LogP contribution < -0.4 is 10.2 Å². The van der Waals surface area contributed by atoms with Gasteiger partial charge >= 0.3 is 0 Å². The van der Waals surface area contributed by atoms with Gasteiger partial charge in [0.2, 0.25) is 0 Å². The van der Waals surface area contributed by atoms with Gasteiger partial charge in [-0.05, 0) is 44.5 Å². The molecule has 3 rings (SSSR count). The summed E-state index contributed by atoms with van der Waals surface area (Å²) in [5.41, 5.74) is 4.45. The van der Waals surface area contributed by atoms with Crippen molar-refractivity contribution in [1.29, 1.82) is 0 Å². The maximum atomic E-state index is 12.4. The zero-order chi connectivity index (χ0) is 18.5. The van der Waals surface area contributed by atoms with Gasteiger partial charge < -0.3 is 10.2 Å². The second kappa shape index (κ2) is 8.15. The molecule has 0 aliphatic heterocycles. The molecule has 0 fully saturated rings. The van der Waals surface area contributed by atoms with Crippen LogP contribution in [0.15, 0.2) is 53.9 Å². The summed E-state index contributed by atoms with van der Waals surface area (Å²) in [6.45, 7) is 8.11. The number of anilines is 2. The fourth-order valence-corrected chi connectivity index (χ4v) is 3.75. The Hall–Kier alpha value is -2.66. The predicted octanol–water partition coefficient (Wildman–Crippen LogP) is 5.22. The van der Waals surface area contributed by atoms with Crippen molar-refractivity contribution in [1.82, 2.24) is 4.98 Å². The fourth-order valence-electron chi connectivity index (χ4n) is 2.79. The number of amides is 1. The van der Waals surface area contributed by atoms with E-state index in [2.05, 4.69) is 29.4 Å². The van der Waals surface area contributed by atoms with Gasteiger partial charge in [0, 0.05) is 35.3 Å². The number of aryl methyl sites for hydroxylation is 1. The van der Waals surface area contributed by atoms with Crippen LogP contribution in [0.25, 0.3) is 11.3 Å². The van der Waals surface area contributed by atoms with Gasteiger partial charge in [-0.1, -0.05) is 30.3 Å². The number of hydrogen-bond donors (Lipinski definition) is 1. The molecule has 26 heavy (non-hydrogen) atoms. The van der Waals surface area contributed by atoms with Crippen LogP contribution >= 0.6 is 11.3 Å². The van der Waals surface area contributed by atoms with E-state index in [4.69, 9.17) is 4.98 Å². The van der Waals surface area contributed by atoms with Crippen molar-refractivity contribution < 1.29 is 4.79 Å². The minimum Gasteiger partial charge on any atom is -0.349 e. The summed E-state index contributed by atoms with van der Waals surface area (Å²) in [5, 5.41) is 6.08. The number of carbonyl (C=O) groups is 1. The molecule has 4 nitrogen and oxygen atoms in total. The van der Waals surface area contributed by atoms with Crippen molar-refractivity contribution in [2.45, 2.75) is 20.8 Å². The van der Waals surface area contributed by atoms with Gasteiger partial charge in [0.15, 0.2) is 5.13 Å². The lowest BCUT2D eigenvalue weighted by Crippen LogP contribution is -2.21. The lowest BCUT2D eigenvalue weighted by Gasteiger charge is -2.16. The number of hydrogen-bond acceptors (Lipinski definition) is 4. The van der Waals surface area contributed by atoms with E-state index >= 15 is 0 Å². The van der Waals surface area contributed by atoms with Crippen LogP contribution in [0, 0.1) is 6.92 Å². The summed E-state index contributed by atoms with van der Waals surface area (Å²) in [5.74, 6) is -0.0895. The van der Waals surface area contributed by atoms with Gasteiger partial charge in [0.05, 0.1) is 5.69 Å². The Kier molecular flexibility index (Phi) is 5.68. The quantitative estimate of drug-likeness (QED) is 0.651. The van der Waals surface area contributed by atoms with Crippen LogP contribution in [0.1, 0.15) is 29.8 Å². The van der Waals surface area contributed by atoms with Crippen molar-refractivity contribution in [3.63, 3.8) is 0 Å². The van der Waals surface area contributed by atoms with Crippen LogP contribution in [0.5, 0.6) is 0 Å². The Morgan fingerprint density at radius 2 is 1.77 bits per heavy atom. The topological polar surface area (TPSA) is 45.2 Å². The molecular weight excluding hydrogens is 342 g/mol. The normalized spacial score (nSPS) is 10.6. The predicted molar refractivity (Wildman–Crippen MR) is 110 cm³/mol. The van der Waals surface area contributed by atoms with Gasteiger partial charge in [0.1, 0.15) is 0 Å². The standard InChI is InChI=1S/C21H23N3OS/c1-4-24(5-2)21-23-19(14-26-21)16-10-12-17(13-11-16)22-20(25)18-9-7-6-8-15(18)3/h6-14H,4-5H2,1-3H3,(H,22,25). The molecule has 2 aromatic carbocycles. The fraction of sp³-hybridized carbons (Fsp3) is 0.238. The number of thiazole rings is 1. The molecule has 1 aromatic heterocycles. The molecular formula is C21H23N3OS. The van der Waals surface area contributed by atoms with Crippen LogP contribution in [0.3, 0.4) is 0 Å². The number of rotatable bonds is 6. The van der Waals surface area contributed by atoms with E-state index in [9.17, 15) is 4.79 Å². The highest BCUT2D eigenvalue weighted by molar-refractivity contribution is 7.14. The molecule has 0 saturated heterocycles. The molecule has 1 N–H and O–H groups in total. The number of nitrogens with one attached hydrogen (secondary N) is 1. The smallest absolute Gasteiger partial charge is 0.255 e. The van der Waals surface area contributed by atoms with Gasteiger partial charge in [-0.25, -0.2) is 4.98 Å². The molecule has 134 valence electrons. The molecule has 0 aliphatic rings. The van der Waals surface area contributed by atoms with Crippen molar-refractivity contribution in [3.8, 4) is 11.3 Å². The first kappa shape index (κ1) is 18.1. The highest BCUT2D eigenvalue weighted by Gasteiger charge is 2.11. The summed E-state index contributed by atoms with van der Waals surface area (Å²) in [4.78, 5) is 19.4. The van der Waals surface area contributed by atoms with Gasteiger partial charge in [-0.3, -0.25) is 4.79 Å². The van der Waals surface area contributed by atoms with E-state index in [0.717, 1.165) is 40.7 Å². The van der Waals surface area contributed by atoms with Crippen LogP contribution in [0.2, 0.25) is 0 Å². The molecule has 0 spiro atoms. The van der Waals surface area contributed by atoms with Gasteiger partial charge in [-0.15, -0.1) is 11.3 Å². The largest absolute Gasteiger partial charge is 0.349 e. The van der Waals surface area contributed by atoms with E-state index in [0.29, 0.717) is 5.56 Å². The minimum absolute atomic E-state index is 0.0895. The molecule has 0 unspecified atom stereocenters. The summed E-state index contributed by atoms with van der Waals surface area (Å²) < 4.78 is 0. The number of carbonyl (C=O) groups excluding carboxylic acids is 1. The maximum Gasteiger partial charge on any atom is 0.255 e. The van der Waals surface area contributed by atoms with Crippen LogP contribution in [0.4, 0.5) is 10.8 Å². The summed E-state index contributed by atoms with van der Waals surface area (Å²) >= 11 is 1.66. The zero-order valence-corrected chi connectivity index (χ0v) is 16.1. The molecule has 5 heteroatoms. The number of benzene rings is 2. The maximum absolute atomic E-state index is 12.4. The Bertz CT molecular complexity index is 882. The average Bonchev–Trinajstić information content (AvgIpc) is 3.13. The first-order chi connectivity index (χ1) is 12.6. The number of aromatic nitrogens is 1. The van der Waals surface area contributed by atoms with Crippen LogP contribution in [-0.4, -0.2) is 24.0 Å². The Morgan fingerprint density at radius 3 is 2.42 bits per heavy atom. The summed E-state index contributed by atoms with van der Waals surface area (Å²) in [6, 6.07) is 15.4. The van der Waals surface area contributed by atoms with E-state index in [1.165, 1.54) is 0 Å². The Labute approximate surface area is 158 Å². The van der Waals surface area contributed by atoms with Crippen molar-refractivity contribution in [3.05, 3.63) is 65.0 Å². The average molecular weight is 366 g/mol. The van der Waals surface area contributed by atoms with E-state index in [-0.39, 0.29) is 5.91 Å². The van der Waals surface area contributed by atoms with Crippen molar-refractivity contribution >= 4 is 28.1 Å². The molecule has 0 aliphatic carbocycles. The molecule has 0 radical (unpaired) electrons. The molecule has 3 aromatic rings. The van der Waals surface area contributed by atoms with E-state index in [1.54, 1.807) is 11.3 Å². The first-order valence-corrected chi connectivity index (χ1v) is 9.68. The Morgan fingerprint density at radius 1 is 1.08 bits per heavy atom. The second-order valence-corrected chi connectivity index (χ2v) is 6.87. The molecule has 0 atom stereocenters. The van der Waals surface area contributed by atoms with Gasteiger partial charge in [0.25, 0.3) is 5.91 Å². The zero-order valence-electron chi connectivity index (χ0n) is 15.3. The third-order valence-corrected chi connectivity index (χ3v) is 5.26. The molecule has 0 saturated carbocycles. The molecule has 1 heterocycles. The monoisotopic (exact) mass is 365 g/mol. The summed E-state index contributed by atoms with van der Waals surface area (Å²) in [6.07, 6.45) is 0. The van der Waals surface area contributed by atoms with Crippen molar-refractivity contribution in [2.24, 2.45) is 0 Å². The summed E-state index contributed by atoms with van der Waals surface area (Å²) in [7, 11) is 0. The van der Waals surface area contributed by atoms with Gasteiger partial charge in [-0.2, -0.15) is 0 Å². The SMILES string of the molecule is CCN(CC)c1nc(-c2ccc(NC(=O)c3ccccc3C)cc2)cs1. The second-order valence-electron chi connectivity index (χ2n) is 6.03. The first-order valence-electron chi connectivity index (χ1n) is 8.80.